The molecule has 6 nitrogen and oxygen atoms in total. The molecular weight excluding hydrogens is 346 g/mol. The number of rotatable bonds is 10. The van der Waals surface area contributed by atoms with Crippen LogP contribution in [0.4, 0.5) is 0 Å². The van der Waals surface area contributed by atoms with Gasteiger partial charge in [-0.15, -0.1) is 5.10 Å². The van der Waals surface area contributed by atoms with Crippen LogP contribution in [0.3, 0.4) is 0 Å². The molecule has 1 amide bonds. The van der Waals surface area contributed by atoms with E-state index in [0.29, 0.717) is 10.9 Å². The normalized spacial score (nSPS) is 12.2. The first-order valence-corrected chi connectivity index (χ1v) is 10.3. The maximum atomic E-state index is 12.2. The molecule has 7 heteroatoms. The van der Waals surface area contributed by atoms with Gasteiger partial charge in [-0.05, 0) is 60.9 Å². The first-order valence-electron chi connectivity index (χ1n) is 9.29. The number of tetrazole rings is 1. The molecule has 2 aromatic rings. The van der Waals surface area contributed by atoms with Crippen LogP contribution in [-0.4, -0.2) is 37.9 Å². The van der Waals surface area contributed by atoms with Crippen LogP contribution in [0, 0.1) is 13.8 Å². The Morgan fingerprint density at radius 1 is 1.23 bits per heavy atom. The van der Waals surface area contributed by atoms with E-state index >= 15 is 0 Å². The van der Waals surface area contributed by atoms with Crippen LogP contribution in [-0.2, 0) is 4.79 Å². The minimum absolute atomic E-state index is 0.0210. The van der Waals surface area contributed by atoms with Gasteiger partial charge in [0.15, 0.2) is 0 Å². The maximum Gasteiger partial charge on any atom is 0.230 e. The minimum Gasteiger partial charge on any atom is -0.353 e. The van der Waals surface area contributed by atoms with Gasteiger partial charge in [0.05, 0.1) is 11.4 Å². The zero-order chi connectivity index (χ0) is 18.9. The Kier molecular flexibility index (Phi) is 8.09. The van der Waals surface area contributed by atoms with E-state index in [0.717, 1.165) is 18.5 Å². The summed E-state index contributed by atoms with van der Waals surface area (Å²) in [6, 6.07) is 6.29. The summed E-state index contributed by atoms with van der Waals surface area (Å²) in [4.78, 5) is 12.2. The SMILES string of the molecule is CCCCCC[C@@H](C)NC(=O)CSc1nnnn1-c1ccc(C)c(C)c1. The second-order valence-electron chi connectivity index (χ2n) is 6.75. The van der Waals surface area contributed by atoms with Crippen LogP contribution >= 0.6 is 11.8 Å². The summed E-state index contributed by atoms with van der Waals surface area (Å²) in [5.41, 5.74) is 3.32. The molecule has 0 bridgehead atoms. The lowest BCUT2D eigenvalue weighted by Crippen LogP contribution is -2.33. The van der Waals surface area contributed by atoms with E-state index < -0.39 is 0 Å². The summed E-state index contributed by atoms with van der Waals surface area (Å²) >= 11 is 1.36. The van der Waals surface area contributed by atoms with E-state index in [1.165, 1.54) is 42.2 Å². The predicted molar refractivity (Wildman–Crippen MR) is 106 cm³/mol. The molecule has 0 saturated carbocycles. The van der Waals surface area contributed by atoms with Gasteiger partial charge in [0.25, 0.3) is 0 Å². The van der Waals surface area contributed by atoms with Crippen molar-refractivity contribution in [3.63, 3.8) is 0 Å². The first-order chi connectivity index (χ1) is 12.5. The van der Waals surface area contributed by atoms with E-state index in [1.807, 2.05) is 18.2 Å². The maximum absolute atomic E-state index is 12.2. The third kappa shape index (κ3) is 6.12. The van der Waals surface area contributed by atoms with Crippen molar-refractivity contribution in [3.8, 4) is 5.69 Å². The van der Waals surface area contributed by atoms with Crippen LogP contribution < -0.4 is 5.32 Å². The zero-order valence-corrected chi connectivity index (χ0v) is 17.0. The average molecular weight is 376 g/mol. The summed E-state index contributed by atoms with van der Waals surface area (Å²) < 4.78 is 1.68. The van der Waals surface area contributed by atoms with Gasteiger partial charge in [0.2, 0.25) is 11.1 Å². The Bertz CT molecular complexity index is 716. The van der Waals surface area contributed by atoms with Crippen molar-refractivity contribution in [2.24, 2.45) is 0 Å². The van der Waals surface area contributed by atoms with Crippen LogP contribution in [0.25, 0.3) is 5.69 Å². The number of aryl methyl sites for hydroxylation is 2. The lowest BCUT2D eigenvalue weighted by molar-refractivity contribution is -0.119. The average Bonchev–Trinajstić information content (AvgIpc) is 3.08. The molecule has 1 heterocycles. The Morgan fingerprint density at radius 3 is 2.77 bits per heavy atom. The molecule has 1 aromatic heterocycles. The molecule has 1 N–H and O–H groups in total. The topological polar surface area (TPSA) is 72.7 Å². The molecule has 1 aromatic carbocycles. The van der Waals surface area contributed by atoms with Crippen molar-refractivity contribution in [1.29, 1.82) is 0 Å². The number of amides is 1. The van der Waals surface area contributed by atoms with Crippen molar-refractivity contribution in [1.82, 2.24) is 25.5 Å². The van der Waals surface area contributed by atoms with E-state index in [4.69, 9.17) is 0 Å². The van der Waals surface area contributed by atoms with Crippen LogP contribution in [0.2, 0.25) is 0 Å². The summed E-state index contributed by atoms with van der Waals surface area (Å²) in [5.74, 6) is 0.331. The highest BCUT2D eigenvalue weighted by atomic mass is 32.2. The molecule has 0 fully saturated rings. The van der Waals surface area contributed by atoms with Crippen molar-refractivity contribution >= 4 is 17.7 Å². The Morgan fingerprint density at radius 2 is 2.04 bits per heavy atom. The van der Waals surface area contributed by atoms with Crippen LogP contribution in [0.5, 0.6) is 0 Å². The number of aromatic nitrogens is 4. The molecule has 0 radical (unpaired) electrons. The third-order valence-electron chi connectivity index (χ3n) is 4.41. The van der Waals surface area contributed by atoms with Crippen molar-refractivity contribution in [2.75, 3.05) is 5.75 Å². The zero-order valence-electron chi connectivity index (χ0n) is 16.2. The molecule has 0 aliphatic heterocycles. The number of carbonyl (C=O) groups excluding carboxylic acids is 1. The molecule has 142 valence electrons. The fraction of sp³-hybridized carbons (Fsp3) is 0.579. The lowest BCUT2D eigenvalue weighted by atomic mass is 10.1. The number of nitrogens with one attached hydrogen (secondary N) is 1. The minimum atomic E-state index is 0.0210. The highest BCUT2D eigenvalue weighted by Crippen LogP contribution is 2.20. The van der Waals surface area contributed by atoms with Gasteiger partial charge in [-0.2, -0.15) is 4.68 Å². The van der Waals surface area contributed by atoms with Gasteiger partial charge < -0.3 is 5.32 Å². The van der Waals surface area contributed by atoms with Gasteiger partial charge in [-0.1, -0.05) is 50.4 Å². The molecule has 0 unspecified atom stereocenters. The molecule has 0 aliphatic carbocycles. The van der Waals surface area contributed by atoms with Gasteiger partial charge >= 0.3 is 0 Å². The molecular formula is C19H29N5OS. The van der Waals surface area contributed by atoms with Gasteiger partial charge in [-0.3, -0.25) is 4.79 Å². The second-order valence-corrected chi connectivity index (χ2v) is 7.69. The van der Waals surface area contributed by atoms with Gasteiger partial charge in [0, 0.05) is 6.04 Å². The fourth-order valence-electron chi connectivity index (χ4n) is 2.68. The molecule has 0 saturated heterocycles. The standard InChI is InChI=1S/C19H29N5OS/c1-5-6-7-8-9-16(4)20-18(25)13-26-19-21-22-23-24(19)17-11-10-14(2)15(3)12-17/h10-12,16H,5-9,13H2,1-4H3,(H,20,25)/t16-/m1/s1. The quantitative estimate of drug-likeness (QED) is 0.504. The third-order valence-corrected chi connectivity index (χ3v) is 5.33. The van der Waals surface area contributed by atoms with Crippen molar-refractivity contribution in [3.05, 3.63) is 29.3 Å². The van der Waals surface area contributed by atoms with E-state index in [2.05, 4.69) is 48.5 Å². The largest absolute Gasteiger partial charge is 0.353 e. The Balaban J connectivity index is 1.85. The number of hydrogen-bond acceptors (Lipinski definition) is 5. The Hall–Kier alpha value is -1.89. The summed E-state index contributed by atoms with van der Waals surface area (Å²) in [6.45, 7) is 8.40. The van der Waals surface area contributed by atoms with E-state index in [-0.39, 0.29) is 11.9 Å². The number of carbonyl (C=O) groups is 1. The monoisotopic (exact) mass is 375 g/mol. The van der Waals surface area contributed by atoms with Gasteiger partial charge in [0.1, 0.15) is 0 Å². The molecule has 26 heavy (non-hydrogen) atoms. The number of hydrogen-bond donors (Lipinski definition) is 1. The molecule has 1 atom stereocenters. The smallest absolute Gasteiger partial charge is 0.230 e. The predicted octanol–water partition coefficient (Wildman–Crippen LogP) is 3.85. The summed E-state index contributed by atoms with van der Waals surface area (Å²) in [7, 11) is 0. The number of unbranched alkanes of at least 4 members (excludes halogenated alkanes) is 3. The van der Waals surface area contributed by atoms with Crippen LogP contribution in [0.1, 0.15) is 57.1 Å². The van der Waals surface area contributed by atoms with Crippen molar-refractivity contribution in [2.45, 2.75) is 71.0 Å². The number of benzene rings is 1. The molecule has 0 aliphatic rings. The highest BCUT2D eigenvalue weighted by Gasteiger charge is 2.13. The molecule has 0 spiro atoms. The number of nitrogens with zero attached hydrogens (tertiary/aromatic N) is 4. The second kappa shape index (κ2) is 10.3. The van der Waals surface area contributed by atoms with E-state index in [9.17, 15) is 4.79 Å². The molecule has 2 rings (SSSR count). The van der Waals surface area contributed by atoms with E-state index in [1.54, 1.807) is 4.68 Å². The lowest BCUT2D eigenvalue weighted by Gasteiger charge is -2.13. The first kappa shape index (κ1) is 20.4. The highest BCUT2D eigenvalue weighted by molar-refractivity contribution is 7.99. The fourth-order valence-corrected chi connectivity index (χ4v) is 3.39. The Labute approximate surface area is 160 Å². The van der Waals surface area contributed by atoms with Crippen LogP contribution in [0.15, 0.2) is 23.4 Å². The van der Waals surface area contributed by atoms with Gasteiger partial charge in [-0.25, -0.2) is 0 Å². The van der Waals surface area contributed by atoms with Crippen molar-refractivity contribution < 1.29 is 4.79 Å². The summed E-state index contributed by atoms with van der Waals surface area (Å²) in [6.07, 6.45) is 5.91. The summed E-state index contributed by atoms with van der Waals surface area (Å²) in [5, 5.41) is 15.5. The number of thioether (sulfide) groups is 1.